The molecule has 0 radical (unpaired) electrons. The third-order valence-corrected chi connectivity index (χ3v) is 3.12. The minimum atomic E-state index is -0.288. The van der Waals surface area contributed by atoms with Gasteiger partial charge in [-0.15, -0.1) is 0 Å². The SMILES string of the molecule is COC(=O)NC12CCCN(CC1)C2. The lowest BCUT2D eigenvalue weighted by Gasteiger charge is -2.34. The molecular formula is C9H16N2O2. The normalized spacial score (nSPS) is 37.2. The summed E-state index contributed by atoms with van der Waals surface area (Å²) in [4.78, 5) is 13.5. The molecular weight excluding hydrogens is 168 g/mol. The average Bonchev–Trinajstić information content (AvgIpc) is 2.42. The fourth-order valence-corrected chi connectivity index (χ4v) is 2.43. The van der Waals surface area contributed by atoms with E-state index in [1.165, 1.54) is 20.1 Å². The van der Waals surface area contributed by atoms with Crippen molar-refractivity contribution >= 4 is 6.09 Å². The van der Waals surface area contributed by atoms with Crippen molar-refractivity contribution in [1.82, 2.24) is 10.2 Å². The van der Waals surface area contributed by atoms with Crippen molar-refractivity contribution in [2.24, 2.45) is 0 Å². The highest BCUT2D eigenvalue weighted by molar-refractivity contribution is 5.68. The van der Waals surface area contributed by atoms with Crippen LogP contribution in [0.4, 0.5) is 4.79 Å². The summed E-state index contributed by atoms with van der Waals surface area (Å²) in [5.74, 6) is 0. The molecule has 2 atom stereocenters. The highest BCUT2D eigenvalue weighted by atomic mass is 16.5. The molecule has 2 aliphatic rings. The highest BCUT2D eigenvalue weighted by Gasteiger charge is 2.41. The van der Waals surface area contributed by atoms with Gasteiger partial charge in [-0.3, -0.25) is 0 Å². The summed E-state index contributed by atoms with van der Waals surface area (Å²) in [6, 6.07) is 0. The Labute approximate surface area is 78.2 Å². The average molecular weight is 184 g/mol. The van der Waals surface area contributed by atoms with Crippen LogP contribution in [0.5, 0.6) is 0 Å². The highest BCUT2D eigenvalue weighted by Crippen LogP contribution is 2.30. The summed E-state index contributed by atoms with van der Waals surface area (Å²) in [6.07, 6.45) is 3.06. The van der Waals surface area contributed by atoms with Crippen molar-refractivity contribution in [3.63, 3.8) is 0 Å². The second kappa shape index (κ2) is 3.18. The lowest BCUT2D eigenvalue weighted by atomic mass is 9.91. The number of nitrogens with one attached hydrogen (secondary N) is 1. The van der Waals surface area contributed by atoms with Gasteiger partial charge >= 0.3 is 6.09 Å². The number of methoxy groups -OCH3 is 1. The van der Waals surface area contributed by atoms with Gasteiger partial charge in [0.15, 0.2) is 0 Å². The summed E-state index contributed by atoms with van der Waals surface area (Å²) < 4.78 is 4.63. The van der Waals surface area contributed by atoms with E-state index in [2.05, 4.69) is 15.0 Å². The van der Waals surface area contributed by atoms with Gasteiger partial charge in [0.2, 0.25) is 0 Å². The van der Waals surface area contributed by atoms with Crippen LogP contribution >= 0.6 is 0 Å². The van der Waals surface area contributed by atoms with Crippen LogP contribution in [0.15, 0.2) is 0 Å². The molecule has 2 bridgehead atoms. The zero-order valence-corrected chi connectivity index (χ0v) is 8.01. The van der Waals surface area contributed by atoms with Crippen molar-refractivity contribution in [2.75, 3.05) is 26.7 Å². The maximum Gasteiger partial charge on any atom is 0.407 e. The van der Waals surface area contributed by atoms with Gasteiger partial charge in [-0.2, -0.15) is 0 Å². The number of piperidine rings is 1. The standard InChI is InChI=1S/C9H16N2O2/c1-13-8(12)10-9-3-2-5-11(7-9)6-4-9/h2-7H2,1H3,(H,10,12). The topological polar surface area (TPSA) is 41.6 Å². The first kappa shape index (κ1) is 8.81. The fraction of sp³-hybridized carbons (Fsp3) is 0.889. The van der Waals surface area contributed by atoms with E-state index in [1.54, 1.807) is 0 Å². The predicted molar refractivity (Wildman–Crippen MR) is 48.6 cm³/mol. The summed E-state index contributed by atoms with van der Waals surface area (Å²) >= 11 is 0. The zero-order chi connectivity index (χ0) is 9.31. The molecule has 0 aromatic heterocycles. The summed E-state index contributed by atoms with van der Waals surface area (Å²) in [5.41, 5.74) is 0.0192. The van der Waals surface area contributed by atoms with Crippen molar-refractivity contribution < 1.29 is 9.53 Å². The van der Waals surface area contributed by atoms with Gasteiger partial charge in [0.05, 0.1) is 12.6 Å². The quantitative estimate of drug-likeness (QED) is 0.648. The van der Waals surface area contributed by atoms with Gasteiger partial charge in [0.25, 0.3) is 0 Å². The Hall–Kier alpha value is -0.770. The molecule has 2 aliphatic heterocycles. The Kier molecular flexibility index (Phi) is 2.15. The molecule has 4 heteroatoms. The van der Waals surface area contributed by atoms with Crippen LogP contribution in [0.1, 0.15) is 19.3 Å². The predicted octanol–water partition coefficient (Wildman–Crippen LogP) is 0.581. The van der Waals surface area contributed by atoms with Crippen molar-refractivity contribution in [1.29, 1.82) is 0 Å². The molecule has 1 N–H and O–H groups in total. The molecule has 74 valence electrons. The third kappa shape index (κ3) is 1.63. The van der Waals surface area contributed by atoms with Gasteiger partial charge in [-0.05, 0) is 25.8 Å². The van der Waals surface area contributed by atoms with E-state index >= 15 is 0 Å². The van der Waals surface area contributed by atoms with E-state index in [-0.39, 0.29) is 11.6 Å². The lowest BCUT2D eigenvalue weighted by Crippen LogP contribution is -2.52. The lowest BCUT2D eigenvalue weighted by molar-refractivity contribution is 0.144. The molecule has 0 saturated carbocycles. The molecule has 0 aromatic rings. The number of ether oxygens (including phenoxy) is 1. The molecule has 4 nitrogen and oxygen atoms in total. The number of carbonyl (C=O) groups is 1. The number of fused-ring (bicyclic) bond motifs is 2. The molecule has 2 heterocycles. The van der Waals surface area contributed by atoms with E-state index in [0.29, 0.717) is 0 Å². The summed E-state index contributed by atoms with van der Waals surface area (Å²) in [7, 11) is 1.42. The van der Waals surface area contributed by atoms with Gasteiger partial charge in [0.1, 0.15) is 0 Å². The van der Waals surface area contributed by atoms with Gasteiger partial charge < -0.3 is 15.0 Å². The molecule has 13 heavy (non-hydrogen) atoms. The Morgan fingerprint density at radius 3 is 3.08 bits per heavy atom. The molecule has 0 aliphatic carbocycles. The number of nitrogens with zero attached hydrogens (tertiary/aromatic N) is 1. The minimum absolute atomic E-state index is 0.0192. The van der Waals surface area contributed by atoms with Crippen molar-refractivity contribution in [3.05, 3.63) is 0 Å². The van der Waals surface area contributed by atoms with E-state index in [0.717, 1.165) is 25.9 Å². The maximum absolute atomic E-state index is 11.1. The number of amides is 1. The Morgan fingerprint density at radius 2 is 2.31 bits per heavy atom. The number of hydrogen-bond donors (Lipinski definition) is 1. The van der Waals surface area contributed by atoms with Gasteiger partial charge in [-0.25, -0.2) is 4.79 Å². The number of rotatable bonds is 1. The first-order chi connectivity index (χ1) is 6.24. The van der Waals surface area contributed by atoms with Crippen molar-refractivity contribution in [2.45, 2.75) is 24.8 Å². The number of alkyl carbamates (subject to hydrolysis) is 1. The van der Waals surface area contributed by atoms with E-state index < -0.39 is 0 Å². The largest absolute Gasteiger partial charge is 0.453 e. The van der Waals surface area contributed by atoms with E-state index in [9.17, 15) is 4.79 Å². The summed E-state index contributed by atoms with van der Waals surface area (Å²) in [6.45, 7) is 3.30. The Balaban J connectivity index is 1.99. The van der Waals surface area contributed by atoms with Crippen LogP contribution in [0.25, 0.3) is 0 Å². The molecule has 2 unspecified atom stereocenters. The van der Waals surface area contributed by atoms with Crippen LogP contribution in [0.3, 0.4) is 0 Å². The molecule has 2 rings (SSSR count). The fourth-order valence-electron chi connectivity index (χ4n) is 2.43. The smallest absolute Gasteiger partial charge is 0.407 e. The van der Waals surface area contributed by atoms with Crippen molar-refractivity contribution in [3.8, 4) is 0 Å². The second-order valence-electron chi connectivity index (χ2n) is 4.03. The Bertz CT molecular complexity index is 216. The molecule has 0 spiro atoms. The maximum atomic E-state index is 11.1. The minimum Gasteiger partial charge on any atom is -0.453 e. The Morgan fingerprint density at radius 1 is 1.46 bits per heavy atom. The van der Waals surface area contributed by atoms with Crippen LogP contribution < -0.4 is 5.32 Å². The van der Waals surface area contributed by atoms with Crippen LogP contribution in [0, 0.1) is 0 Å². The summed E-state index contributed by atoms with van der Waals surface area (Å²) in [5, 5.41) is 2.97. The second-order valence-corrected chi connectivity index (χ2v) is 4.03. The first-order valence-electron chi connectivity index (χ1n) is 4.83. The first-order valence-corrected chi connectivity index (χ1v) is 4.83. The number of hydrogen-bond acceptors (Lipinski definition) is 3. The van der Waals surface area contributed by atoms with Crippen LogP contribution in [0.2, 0.25) is 0 Å². The monoisotopic (exact) mass is 184 g/mol. The van der Waals surface area contributed by atoms with E-state index in [4.69, 9.17) is 0 Å². The van der Waals surface area contributed by atoms with Crippen LogP contribution in [-0.2, 0) is 4.74 Å². The molecule has 2 fully saturated rings. The van der Waals surface area contributed by atoms with E-state index in [1.807, 2.05) is 0 Å². The number of carbonyl (C=O) groups excluding carboxylic acids is 1. The zero-order valence-electron chi connectivity index (χ0n) is 8.01. The molecule has 2 saturated heterocycles. The van der Waals surface area contributed by atoms with Gasteiger partial charge in [0, 0.05) is 13.1 Å². The van der Waals surface area contributed by atoms with Crippen LogP contribution in [-0.4, -0.2) is 43.3 Å². The van der Waals surface area contributed by atoms with Gasteiger partial charge in [-0.1, -0.05) is 0 Å². The third-order valence-electron chi connectivity index (χ3n) is 3.12. The molecule has 1 amide bonds. The molecule has 0 aromatic carbocycles.